The Hall–Kier alpha value is -0.750. The largest absolute Gasteiger partial charge is 0.395 e. The lowest BCUT2D eigenvalue weighted by Crippen LogP contribution is -2.42. The molecule has 0 aromatic carbocycles. The van der Waals surface area contributed by atoms with E-state index in [2.05, 4.69) is 0 Å². The minimum atomic E-state index is 0.0146. The Morgan fingerprint density at radius 3 is 2.74 bits per heavy atom. The molecule has 0 bridgehead atoms. The van der Waals surface area contributed by atoms with E-state index in [0.717, 1.165) is 25.1 Å². The molecule has 0 unspecified atom stereocenters. The molecule has 0 atom stereocenters. The first-order valence-electron chi connectivity index (χ1n) is 7.04. The zero-order chi connectivity index (χ0) is 13.7. The maximum atomic E-state index is 12.3. The van der Waals surface area contributed by atoms with Crippen molar-refractivity contribution in [2.75, 3.05) is 32.0 Å². The Morgan fingerprint density at radius 2 is 2.16 bits per heavy atom. The number of carbonyl (C=O) groups is 2. The summed E-state index contributed by atoms with van der Waals surface area (Å²) in [5.74, 6) is 0.904. The van der Waals surface area contributed by atoms with E-state index in [-0.39, 0.29) is 17.8 Å². The molecule has 1 saturated heterocycles. The van der Waals surface area contributed by atoms with E-state index >= 15 is 0 Å². The van der Waals surface area contributed by atoms with E-state index in [1.54, 1.807) is 4.90 Å². The molecule has 6 heteroatoms. The Morgan fingerprint density at radius 1 is 1.42 bits per heavy atom. The molecule has 1 heterocycles. The Bertz CT molecular complexity index is 332. The van der Waals surface area contributed by atoms with Crippen molar-refractivity contribution < 1.29 is 14.7 Å². The van der Waals surface area contributed by atoms with Gasteiger partial charge in [-0.05, 0) is 12.8 Å². The summed E-state index contributed by atoms with van der Waals surface area (Å²) in [6, 6.07) is 0.295. The number of carbonyl (C=O) groups excluding carboxylic acids is 2. The summed E-state index contributed by atoms with van der Waals surface area (Å²) in [5.41, 5.74) is 0. The van der Waals surface area contributed by atoms with Gasteiger partial charge in [-0.15, -0.1) is 0 Å². The van der Waals surface area contributed by atoms with Crippen LogP contribution in [0.2, 0.25) is 0 Å². The third-order valence-electron chi connectivity index (χ3n) is 3.87. The van der Waals surface area contributed by atoms with Crippen LogP contribution in [0.15, 0.2) is 0 Å². The summed E-state index contributed by atoms with van der Waals surface area (Å²) >= 11 is 1.32. The molecule has 108 valence electrons. The average molecular weight is 286 g/mol. The molecule has 0 spiro atoms. The smallest absolute Gasteiger partial charge is 0.281 e. The van der Waals surface area contributed by atoms with Crippen LogP contribution in [0, 0.1) is 0 Å². The van der Waals surface area contributed by atoms with Crippen LogP contribution in [0.25, 0.3) is 0 Å². The summed E-state index contributed by atoms with van der Waals surface area (Å²) in [4.78, 5) is 27.3. The number of hydrogen-bond acceptors (Lipinski definition) is 4. The zero-order valence-corrected chi connectivity index (χ0v) is 12.0. The molecule has 0 radical (unpaired) electrons. The fraction of sp³-hybridized carbons (Fsp3) is 0.846. The fourth-order valence-corrected chi connectivity index (χ4v) is 3.69. The molecule has 2 amide bonds. The van der Waals surface area contributed by atoms with Gasteiger partial charge in [0.15, 0.2) is 0 Å². The highest BCUT2D eigenvalue weighted by Crippen LogP contribution is 2.24. The molecule has 0 aromatic heterocycles. The molecular weight excluding hydrogens is 264 g/mol. The minimum absolute atomic E-state index is 0.0146. The summed E-state index contributed by atoms with van der Waals surface area (Å²) in [7, 11) is 0. The minimum Gasteiger partial charge on any atom is -0.395 e. The number of amides is 2. The number of aliphatic hydroxyl groups excluding tert-OH is 1. The first-order chi connectivity index (χ1) is 9.22. The molecule has 2 fully saturated rings. The van der Waals surface area contributed by atoms with E-state index in [0.29, 0.717) is 25.6 Å². The molecule has 0 aromatic rings. The zero-order valence-electron chi connectivity index (χ0n) is 11.2. The van der Waals surface area contributed by atoms with E-state index in [4.69, 9.17) is 5.11 Å². The van der Waals surface area contributed by atoms with Crippen molar-refractivity contribution in [1.82, 2.24) is 9.80 Å². The molecular formula is C13H22N2O3S. The van der Waals surface area contributed by atoms with E-state index in [1.807, 2.05) is 4.90 Å². The summed E-state index contributed by atoms with van der Waals surface area (Å²) < 4.78 is 0. The van der Waals surface area contributed by atoms with E-state index in [9.17, 15) is 9.59 Å². The van der Waals surface area contributed by atoms with Crippen molar-refractivity contribution in [3.63, 3.8) is 0 Å². The van der Waals surface area contributed by atoms with Gasteiger partial charge in [0.2, 0.25) is 5.91 Å². The van der Waals surface area contributed by atoms with Crippen molar-refractivity contribution in [2.45, 2.75) is 38.1 Å². The Balaban J connectivity index is 1.82. The van der Waals surface area contributed by atoms with Crippen LogP contribution in [-0.2, 0) is 4.79 Å². The van der Waals surface area contributed by atoms with Gasteiger partial charge in [-0.25, -0.2) is 0 Å². The third-order valence-corrected chi connectivity index (χ3v) is 4.76. The Labute approximate surface area is 118 Å². The van der Waals surface area contributed by atoms with Crippen molar-refractivity contribution >= 4 is 22.9 Å². The normalized spacial score (nSPS) is 20.3. The van der Waals surface area contributed by atoms with Gasteiger partial charge in [-0.1, -0.05) is 24.6 Å². The number of nitrogens with zero attached hydrogens (tertiary/aromatic N) is 2. The van der Waals surface area contributed by atoms with E-state index in [1.165, 1.54) is 24.6 Å². The first kappa shape index (κ1) is 14.7. The SMILES string of the molecule is O=C1SCCN1CCC(=O)N(CCO)C1CCCC1. The van der Waals surface area contributed by atoms with Gasteiger partial charge >= 0.3 is 0 Å². The molecule has 2 aliphatic rings. The lowest BCUT2D eigenvalue weighted by atomic mass is 10.2. The molecule has 1 aliphatic heterocycles. The maximum Gasteiger partial charge on any atom is 0.281 e. The number of aliphatic hydroxyl groups is 1. The second-order valence-corrected chi connectivity index (χ2v) is 6.15. The maximum absolute atomic E-state index is 12.3. The lowest BCUT2D eigenvalue weighted by Gasteiger charge is -2.29. The van der Waals surface area contributed by atoms with Crippen LogP contribution in [0.3, 0.4) is 0 Å². The second-order valence-electron chi connectivity index (χ2n) is 5.10. The van der Waals surface area contributed by atoms with Crippen LogP contribution < -0.4 is 0 Å². The van der Waals surface area contributed by atoms with E-state index < -0.39 is 0 Å². The fourth-order valence-electron chi connectivity index (χ4n) is 2.84. The predicted molar refractivity (Wildman–Crippen MR) is 75.1 cm³/mol. The van der Waals surface area contributed by atoms with Crippen LogP contribution in [0.1, 0.15) is 32.1 Å². The van der Waals surface area contributed by atoms with Gasteiger partial charge in [0, 0.05) is 37.8 Å². The van der Waals surface area contributed by atoms with Crippen molar-refractivity contribution in [2.24, 2.45) is 0 Å². The van der Waals surface area contributed by atoms with Crippen LogP contribution in [0.5, 0.6) is 0 Å². The van der Waals surface area contributed by atoms with Gasteiger partial charge in [-0.3, -0.25) is 9.59 Å². The standard InChI is InChI=1S/C13H22N2O3S/c16-9-7-15(11-3-1-2-4-11)12(17)5-6-14-8-10-19-13(14)18/h11,16H,1-10H2. The highest BCUT2D eigenvalue weighted by atomic mass is 32.2. The van der Waals surface area contributed by atoms with Gasteiger partial charge in [0.25, 0.3) is 5.24 Å². The molecule has 2 rings (SSSR count). The van der Waals surface area contributed by atoms with Crippen LogP contribution in [-0.4, -0.2) is 64.1 Å². The molecule has 1 N–H and O–H groups in total. The molecule has 1 aliphatic carbocycles. The predicted octanol–water partition coefficient (Wildman–Crippen LogP) is 1.31. The molecule has 1 saturated carbocycles. The van der Waals surface area contributed by atoms with Crippen molar-refractivity contribution in [3.8, 4) is 0 Å². The summed E-state index contributed by atoms with van der Waals surface area (Å²) in [5, 5.41) is 9.19. The van der Waals surface area contributed by atoms with Crippen LogP contribution in [0.4, 0.5) is 4.79 Å². The monoisotopic (exact) mass is 286 g/mol. The summed E-state index contributed by atoms with van der Waals surface area (Å²) in [6.07, 6.45) is 4.81. The van der Waals surface area contributed by atoms with Gasteiger partial charge in [0.05, 0.1) is 6.61 Å². The number of thioether (sulfide) groups is 1. The van der Waals surface area contributed by atoms with Crippen molar-refractivity contribution in [1.29, 1.82) is 0 Å². The Kier molecular flexibility index (Phi) is 5.51. The number of hydrogen-bond donors (Lipinski definition) is 1. The number of rotatable bonds is 6. The third kappa shape index (κ3) is 3.86. The molecule has 5 nitrogen and oxygen atoms in total. The van der Waals surface area contributed by atoms with Gasteiger partial charge in [-0.2, -0.15) is 0 Å². The second kappa shape index (κ2) is 7.14. The first-order valence-corrected chi connectivity index (χ1v) is 8.03. The lowest BCUT2D eigenvalue weighted by molar-refractivity contribution is -0.134. The topological polar surface area (TPSA) is 60.9 Å². The highest BCUT2D eigenvalue weighted by molar-refractivity contribution is 8.13. The van der Waals surface area contributed by atoms with Gasteiger partial charge in [0.1, 0.15) is 0 Å². The van der Waals surface area contributed by atoms with Gasteiger partial charge < -0.3 is 14.9 Å². The molecule has 19 heavy (non-hydrogen) atoms. The highest BCUT2D eigenvalue weighted by Gasteiger charge is 2.27. The van der Waals surface area contributed by atoms with Crippen LogP contribution >= 0.6 is 11.8 Å². The summed E-state index contributed by atoms with van der Waals surface area (Å²) in [6.45, 7) is 1.70. The van der Waals surface area contributed by atoms with Crippen molar-refractivity contribution in [3.05, 3.63) is 0 Å². The average Bonchev–Trinajstić information content (AvgIpc) is 3.04. The quantitative estimate of drug-likeness (QED) is 0.800.